The van der Waals surface area contributed by atoms with Crippen LogP contribution in [-0.2, 0) is 6.54 Å². The lowest BCUT2D eigenvalue weighted by Crippen LogP contribution is -3.20. The molecule has 0 amide bonds. The highest BCUT2D eigenvalue weighted by atomic mass is 35.5. The smallest absolute Gasteiger partial charge is 0.121 e. The van der Waals surface area contributed by atoms with E-state index in [1.54, 1.807) is 4.90 Å². The zero-order valence-corrected chi connectivity index (χ0v) is 20.3. The Kier molecular flexibility index (Phi) is 6.99. The van der Waals surface area contributed by atoms with E-state index in [0.717, 1.165) is 50.5 Å². The monoisotopic (exact) mass is 473 g/mol. The average Bonchev–Trinajstić information content (AvgIpc) is 3.10. The fourth-order valence-electron chi connectivity index (χ4n) is 6.41. The number of fused-ring (bicyclic) bond motifs is 3. The topological polar surface area (TPSA) is 29.6 Å². The molecular weight excluding hydrogens is 439 g/mol. The average molecular weight is 474 g/mol. The van der Waals surface area contributed by atoms with Gasteiger partial charge in [-0.25, -0.2) is 0 Å². The van der Waals surface area contributed by atoms with Crippen LogP contribution in [0.2, 0.25) is 10.0 Å². The molecule has 0 aliphatic heterocycles. The Hall–Kier alpha value is -1.26. The van der Waals surface area contributed by atoms with Crippen molar-refractivity contribution >= 4 is 45.0 Å². The molecule has 0 unspecified atom stereocenters. The van der Waals surface area contributed by atoms with Crippen LogP contribution >= 0.6 is 23.2 Å². The normalized spacial score (nSPS) is 19.9. The summed E-state index contributed by atoms with van der Waals surface area (Å²) >= 11 is 12.6. The molecule has 3 nitrogen and oxygen atoms in total. The Morgan fingerprint density at radius 1 is 0.781 bits per heavy atom. The summed E-state index contributed by atoms with van der Waals surface area (Å²) < 4.78 is 2.27. The first-order chi connectivity index (χ1) is 15.6. The van der Waals surface area contributed by atoms with E-state index in [1.807, 2.05) is 24.3 Å². The lowest BCUT2D eigenvalue weighted by Gasteiger charge is -2.39. The van der Waals surface area contributed by atoms with E-state index in [-0.39, 0.29) is 6.10 Å². The standard InChI is InChI=1S/C27H34Cl2N2O/c28-19-11-13-26-24(15-19)25-16-20(29)12-14-27(25)31(26)18-23(32)17-30(21-7-3-1-4-8-21)22-9-5-2-6-10-22/h11-16,21-23,32H,1-10,17-18H2/p+1/t23-/m1/s1. The summed E-state index contributed by atoms with van der Waals surface area (Å²) in [6.07, 6.45) is 13.1. The first-order valence-corrected chi connectivity index (χ1v) is 13.3. The summed E-state index contributed by atoms with van der Waals surface area (Å²) in [7, 11) is 0. The molecule has 2 fully saturated rings. The Balaban J connectivity index is 1.43. The molecule has 2 aliphatic carbocycles. The summed E-state index contributed by atoms with van der Waals surface area (Å²) in [5, 5.41) is 15.0. The Morgan fingerprint density at radius 2 is 1.25 bits per heavy atom. The van der Waals surface area contributed by atoms with Crippen molar-refractivity contribution in [3.05, 3.63) is 46.4 Å². The fourth-order valence-corrected chi connectivity index (χ4v) is 6.75. The molecule has 0 radical (unpaired) electrons. The molecule has 2 aromatic carbocycles. The maximum Gasteiger partial charge on any atom is 0.121 e. The highest BCUT2D eigenvalue weighted by Gasteiger charge is 2.34. The van der Waals surface area contributed by atoms with E-state index >= 15 is 0 Å². The zero-order valence-electron chi connectivity index (χ0n) is 18.8. The van der Waals surface area contributed by atoms with Crippen LogP contribution in [0.4, 0.5) is 0 Å². The second-order valence-electron chi connectivity index (χ2n) is 10.0. The maximum absolute atomic E-state index is 11.4. The van der Waals surface area contributed by atoms with Crippen molar-refractivity contribution in [2.75, 3.05) is 6.54 Å². The number of rotatable bonds is 6. The molecule has 2 saturated carbocycles. The zero-order chi connectivity index (χ0) is 22.1. The van der Waals surface area contributed by atoms with Gasteiger partial charge in [-0.05, 0) is 87.8 Å². The number of aromatic nitrogens is 1. The molecule has 0 bridgehead atoms. The Morgan fingerprint density at radius 3 is 1.72 bits per heavy atom. The van der Waals surface area contributed by atoms with Crippen LogP contribution < -0.4 is 4.90 Å². The number of aliphatic hydroxyl groups is 1. The van der Waals surface area contributed by atoms with Gasteiger partial charge < -0.3 is 14.6 Å². The second-order valence-corrected chi connectivity index (χ2v) is 10.9. The van der Waals surface area contributed by atoms with E-state index in [9.17, 15) is 5.11 Å². The second kappa shape index (κ2) is 9.93. The first-order valence-electron chi connectivity index (χ1n) is 12.5. The van der Waals surface area contributed by atoms with Crippen molar-refractivity contribution in [2.24, 2.45) is 0 Å². The van der Waals surface area contributed by atoms with Gasteiger partial charge in [-0.15, -0.1) is 0 Å². The largest absolute Gasteiger partial charge is 0.385 e. The lowest BCUT2D eigenvalue weighted by molar-refractivity contribution is -0.955. The van der Waals surface area contributed by atoms with Crippen molar-refractivity contribution in [3.63, 3.8) is 0 Å². The van der Waals surface area contributed by atoms with E-state index in [4.69, 9.17) is 23.2 Å². The number of nitrogens with zero attached hydrogens (tertiary/aromatic N) is 1. The van der Waals surface area contributed by atoms with Crippen LogP contribution in [0.1, 0.15) is 64.2 Å². The number of benzene rings is 2. The van der Waals surface area contributed by atoms with Gasteiger partial charge in [-0.1, -0.05) is 36.0 Å². The molecule has 172 valence electrons. The lowest BCUT2D eigenvalue weighted by atomic mass is 9.88. The third-order valence-electron chi connectivity index (χ3n) is 7.91. The van der Waals surface area contributed by atoms with Crippen molar-refractivity contribution < 1.29 is 10.0 Å². The molecule has 3 aromatic rings. The van der Waals surface area contributed by atoms with Crippen LogP contribution in [0, 0.1) is 0 Å². The summed E-state index contributed by atoms with van der Waals surface area (Å²) in [6, 6.07) is 13.5. The quantitative estimate of drug-likeness (QED) is 0.450. The minimum atomic E-state index is -0.376. The first kappa shape index (κ1) is 22.5. The molecule has 0 spiro atoms. The number of hydrogen-bond donors (Lipinski definition) is 2. The number of nitrogens with one attached hydrogen (secondary N) is 1. The van der Waals surface area contributed by atoms with Gasteiger partial charge in [0.15, 0.2) is 0 Å². The van der Waals surface area contributed by atoms with Gasteiger partial charge in [0.1, 0.15) is 12.6 Å². The third-order valence-corrected chi connectivity index (χ3v) is 8.38. The van der Waals surface area contributed by atoms with Crippen LogP contribution in [0.5, 0.6) is 0 Å². The summed E-state index contributed by atoms with van der Waals surface area (Å²) in [6.45, 7) is 1.45. The third kappa shape index (κ3) is 4.68. The molecule has 0 saturated heterocycles. The van der Waals surface area contributed by atoms with E-state index in [2.05, 4.69) is 16.7 Å². The van der Waals surface area contributed by atoms with E-state index in [0.29, 0.717) is 6.54 Å². The highest BCUT2D eigenvalue weighted by Crippen LogP contribution is 2.33. The van der Waals surface area contributed by atoms with Crippen LogP contribution in [0.3, 0.4) is 0 Å². The van der Waals surface area contributed by atoms with Crippen LogP contribution in [-0.4, -0.2) is 34.4 Å². The van der Waals surface area contributed by atoms with Crippen molar-refractivity contribution in [2.45, 2.75) is 88.9 Å². The van der Waals surface area contributed by atoms with Gasteiger partial charge in [0, 0.05) is 31.9 Å². The van der Waals surface area contributed by atoms with Gasteiger partial charge in [0.25, 0.3) is 0 Å². The van der Waals surface area contributed by atoms with Gasteiger partial charge in [-0.3, -0.25) is 0 Å². The molecule has 32 heavy (non-hydrogen) atoms. The van der Waals surface area contributed by atoms with Crippen molar-refractivity contribution in [1.29, 1.82) is 0 Å². The molecular formula is C27H35Cl2N2O+. The number of hydrogen-bond acceptors (Lipinski definition) is 1. The van der Waals surface area contributed by atoms with Crippen molar-refractivity contribution in [1.82, 2.24) is 4.57 Å². The van der Waals surface area contributed by atoms with Crippen LogP contribution in [0.25, 0.3) is 21.8 Å². The number of halogens is 2. The summed E-state index contributed by atoms with van der Waals surface area (Å²) in [5.41, 5.74) is 2.23. The minimum Gasteiger partial charge on any atom is -0.385 e. The molecule has 2 aliphatic rings. The molecule has 2 N–H and O–H groups in total. The van der Waals surface area contributed by atoms with Gasteiger partial charge in [0.2, 0.25) is 0 Å². The maximum atomic E-state index is 11.4. The van der Waals surface area contributed by atoms with Crippen LogP contribution in [0.15, 0.2) is 36.4 Å². The SMILES string of the molecule is O[C@@H](Cn1c2ccc(Cl)cc2c2cc(Cl)ccc21)C[NH+](C1CCCCC1)C1CCCCC1. The minimum absolute atomic E-state index is 0.376. The molecule has 5 rings (SSSR count). The molecule has 5 heteroatoms. The predicted molar refractivity (Wildman–Crippen MR) is 135 cm³/mol. The molecule has 1 aromatic heterocycles. The summed E-state index contributed by atoms with van der Waals surface area (Å²) in [4.78, 5) is 1.68. The van der Waals surface area contributed by atoms with Gasteiger partial charge in [-0.2, -0.15) is 0 Å². The molecule has 1 heterocycles. The van der Waals surface area contributed by atoms with E-state index in [1.165, 1.54) is 64.2 Å². The fraction of sp³-hybridized carbons (Fsp3) is 0.556. The van der Waals surface area contributed by atoms with Gasteiger partial charge in [0.05, 0.1) is 18.6 Å². The number of quaternary nitrogens is 1. The Bertz CT molecular complexity index is 989. The van der Waals surface area contributed by atoms with Crippen molar-refractivity contribution in [3.8, 4) is 0 Å². The highest BCUT2D eigenvalue weighted by molar-refractivity contribution is 6.33. The molecule has 1 atom stereocenters. The summed E-state index contributed by atoms with van der Waals surface area (Å²) in [5.74, 6) is 0. The predicted octanol–water partition coefficient (Wildman–Crippen LogP) is 6.01. The Labute approximate surface area is 201 Å². The van der Waals surface area contributed by atoms with E-state index < -0.39 is 0 Å². The van der Waals surface area contributed by atoms with Gasteiger partial charge >= 0.3 is 0 Å². The number of aliphatic hydroxyl groups excluding tert-OH is 1.